The van der Waals surface area contributed by atoms with E-state index in [1.54, 1.807) is 42.5 Å². The van der Waals surface area contributed by atoms with Crippen molar-refractivity contribution < 1.29 is 28.5 Å². The lowest BCUT2D eigenvalue weighted by Crippen LogP contribution is -2.51. The number of tetrazole rings is 1. The van der Waals surface area contributed by atoms with Crippen LogP contribution in [0.2, 0.25) is 0 Å². The van der Waals surface area contributed by atoms with Gasteiger partial charge in [-0.2, -0.15) is 5.21 Å². The minimum absolute atomic E-state index is 0.0358. The Morgan fingerprint density at radius 1 is 1.15 bits per heavy atom. The molecule has 0 bridgehead atoms. The van der Waals surface area contributed by atoms with Crippen molar-refractivity contribution in [3.05, 3.63) is 59.4 Å². The molecule has 3 aromatic rings. The van der Waals surface area contributed by atoms with Crippen LogP contribution in [0, 0.1) is 0 Å². The lowest BCUT2D eigenvalue weighted by Gasteiger charge is -2.33. The van der Waals surface area contributed by atoms with Gasteiger partial charge in [-0.25, -0.2) is 0 Å². The Hall–Kier alpha value is -3.99. The summed E-state index contributed by atoms with van der Waals surface area (Å²) in [6, 6.07) is 11.9. The normalized spacial score (nSPS) is 16.6. The molecule has 1 atom stereocenters. The fraction of sp³-hybridized carbons (Fsp3) is 0.348. The van der Waals surface area contributed by atoms with Crippen molar-refractivity contribution in [3.63, 3.8) is 0 Å². The van der Waals surface area contributed by atoms with Gasteiger partial charge in [-0.15, -0.1) is 10.2 Å². The lowest BCUT2D eigenvalue weighted by molar-refractivity contribution is -0.140. The monoisotopic (exact) mass is 467 g/mol. The number of hydrogen-bond donors (Lipinski definition) is 2. The number of ketones is 1. The van der Waals surface area contributed by atoms with Crippen molar-refractivity contribution >= 4 is 11.8 Å². The highest BCUT2D eigenvalue weighted by Crippen LogP contribution is 2.40. The van der Waals surface area contributed by atoms with E-state index in [9.17, 15) is 9.59 Å². The Morgan fingerprint density at radius 3 is 2.71 bits per heavy atom. The highest BCUT2D eigenvalue weighted by atomic mass is 16.6. The van der Waals surface area contributed by atoms with Crippen molar-refractivity contribution in [1.82, 2.24) is 20.6 Å². The van der Waals surface area contributed by atoms with Crippen LogP contribution >= 0.6 is 0 Å². The summed E-state index contributed by atoms with van der Waals surface area (Å²) in [5.74, 6) is 0.933. The smallest absolute Gasteiger partial charge is 0.305 e. The molecular weight excluding hydrogens is 442 g/mol. The van der Waals surface area contributed by atoms with E-state index in [1.807, 2.05) is 0 Å². The Bertz CT molecular complexity index is 1140. The molecule has 2 aromatic carbocycles. The number of hydrogen-bond acceptors (Lipinski definition) is 10. The van der Waals surface area contributed by atoms with E-state index in [-0.39, 0.29) is 29.9 Å². The molecule has 1 aliphatic rings. The van der Waals surface area contributed by atoms with Gasteiger partial charge in [-0.05, 0) is 60.9 Å². The summed E-state index contributed by atoms with van der Waals surface area (Å²) in [5, 5.41) is 13.6. The van der Waals surface area contributed by atoms with Crippen LogP contribution in [0.15, 0.2) is 42.5 Å². The number of nitrogens with zero attached hydrogens (tertiary/aromatic N) is 3. The fourth-order valence-electron chi connectivity index (χ4n) is 3.46. The average Bonchev–Trinajstić information content (AvgIpc) is 3.42. The quantitative estimate of drug-likeness (QED) is 0.258. The second kappa shape index (κ2) is 10.3. The Labute approximate surface area is 195 Å². The number of carbonyl (C=O) groups excluding carboxylic acids is 2. The number of H-pyrrole nitrogens is 1. The number of methoxy groups -OCH3 is 1. The number of unbranched alkanes of at least 4 members (excludes halogenated alkanes) is 2. The van der Waals surface area contributed by atoms with Crippen LogP contribution in [0.3, 0.4) is 0 Å². The molecule has 0 radical (unpaired) electrons. The van der Waals surface area contributed by atoms with Crippen molar-refractivity contribution in [2.24, 2.45) is 5.73 Å². The molecule has 0 amide bonds. The molecule has 1 aromatic heterocycles. The van der Waals surface area contributed by atoms with Crippen LogP contribution in [-0.2, 0) is 15.3 Å². The molecule has 3 N–H and O–H groups in total. The first kappa shape index (κ1) is 23.2. The molecule has 178 valence electrons. The Morgan fingerprint density at radius 2 is 1.97 bits per heavy atom. The average molecular weight is 467 g/mol. The van der Waals surface area contributed by atoms with Gasteiger partial charge in [0.05, 0.1) is 19.3 Å². The molecule has 1 aliphatic heterocycles. The van der Waals surface area contributed by atoms with E-state index in [0.717, 1.165) is 19.3 Å². The zero-order chi connectivity index (χ0) is 24.0. The molecule has 0 spiro atoms. The van der Waals surface area contributed by atoms with E-state index in [2.05, 4.69) is 25.4 Å². The number of carbonyl (C=O) groups is 2. The minimum atomic E-state index is -1.48. The highest BCUT2D eigenvalue weighted by molar-refractivity contribution is 6.11. The second-order valence-electron chi connectivity index (χ2n) is 7.74. The third kappa shape index (κ3) is 5.15. The van der Waals surface area contributed by atoms with Crippen LogP contribution in [0.25, 0.3) is 0 Å². The van der Waals surface area contributed by atoms with Gasteiger partial charge >= 0.3 is 5.97 Å². The molecule has 0 saturated heterocycles. The third-order valence-electron chi connectivity index (χ3n) is 5.31. The van der Waals surface area contributed by atoms with E-state index < -0.39 is 5.72 Å². The molecule has 11 nitrogen and oxygen atoms in total. The number of aromatic amines is 1. The summed E-state index contributed by atoms with van der Waals surface area (Å²) in [5.41, 5.74) is 5.56. The minimum Gasteiger partial charge on any atom is -0.494 e. The first-order valence-corrected chi connectivity index (χ1v) is 10.8. The summed E-state index contributed by atoms with van der Waals surface area (Å²) in [7, 11) is 1.38. The predicted octanol–water partition coefficient (Wildman–Crippen LogP) is 2.13. The maximum Gasteiger partial charge on any atom is 0.305 e. The maximum atomic E-state index is 13.2. The number of nitrogens with one attached hydrogen (secondary N) is 1. The number of benzene rings is 2. The van der Waals surface area contributed by atoms with Crippen LogP contribution in [0.1, 0.15) is 47.4 Å². The molecule has 0 fully saturated rings. The number of rotatable bonds is 10. The zero-order valence-corrected chi connectivity index (χ0v) is 18.7. The third-order valence-corrected chi connectivity index (χ3v) is 5.31. The maximum absolute atomic E-state index is 13.2. The van der Waals surface area contributed by atoms with Gasteiger partial charge in [0.2, 0.25) is 5.82 Å². The standard InChI is InChI=1S/C23H25N5O6/c1-31-19(29)8-3-2-4-13-32-16-11-9-15(10-12-16)20(30)17-6-5-7-18-21(17)34-23(24,14-33-18)22-25-27-28-26-22/h5-7,9-12H,2-4,8,13-14,24H2,1H3,(H,25,26,27,28). The van der Waals surface area contributed by atoms with Gasteiger partial charge in [-0.3, -0.25) is 15.3 Å². The van der Waals surface area contributed by atoms with Crippen LogP contribution < -0.4 is 19.9 Å². The van der Waals surface area contributed by atoms with E-state index in [0.29, 0.717) is 35.7 Å². The van der Waals surface area contributed by atoms with E-state index >= 15 is 0 Å². The van der Waals surface area contributed by atoms with Gasteiger partial charge in [0.15, 0.2) is 17.3 Å². The molecule has 0 saturated carbocycles. The summed E-state index contributed by atoms with van der Waals surface area (Å²) >= 11 is 0. The van der Waals surface area contributed by atoms with Crippen molar-refractivity contribution in [2.75, 3.05) is 20.3 Å². The van der Waals surface area contributed by atoms with Crippen LogP contribution in [0.5, 0.6) is 17.2 Å². The van der Waals surface area contributed by atoms with Gasteiger partial charge in [0.1, 0.15) is 12.4 Å². The number of para-hydroxylation sites is 1. The lowest BCUT2D eigenvalue weighted by atomic mass is 10.0. The van der Waals surface area contributed by atoms with Gasteiger partial charge in [0.25, 0.3) is 5.72 Å². The number of ether oxygens (including phenoxy) is 4. The fourth-order valence-corrected chi connectivity index (χ4v) is 3.46. The number of nitrogens with two attached hydrogens (primary N) is 1. The van der Waals surface area contributed by atoms with E-state index in [1.165, 1.54) is 7.11 Å². The summed E-state index contributed by atoms with van der Waals surface area (Å²) < 4.78 is 22.0. The molecular formula is C23H25N5O6. The van der Waals surface area contributed by atoms with Gasteiger partial charge in [-0.1, -0.05) is 6.07 Å². The molecule has 0 aliphatic carbocycles. The van der Waals surface area contributed by atoms with Crippen molar-refractivity contribution in [3.8, 4) is 17.2 Å². The summed E-state index contributed by atoms with van der Waals surface area (Å²) in [6.45, 7) is 0.479. The largest absolute Gasteiger partial charge is 0.494 e. The molecule has 2 heterocycles. The first-order chi connectivity index (χ1) is 16.5. The SMILES string of the molecule is COC(=O)CCCCCOc1ccc(C(=O)c2cccc3c2OC(N)(c2nn[nH]n2)CO3)cc1. The van der Waals surface area contributed by atoms with Crippen LogP contribution in [0.4, 0.5) is 0 Å². The zero-order valence-electron chi connectivity index (χ0n) is 18.7. The Kier molecular flexibility index (Phi) is 7.02. The second-order valence-corrected chi connectivity index (χ2v) is 7.74. The first-order valence-electron chi connectivity index (χ1n) is 10.8. The summed E-state index contributed by atoms with van der Waals surface area (Å²) in [4.78, 5) is 24.3. The van der Waals surface area contributed by atoms with Gasteiger partial charge in [0, 0.05) is 12.0 Å². The summed E-state index contributed by atoms with van der Waals surface area (Å²) in [6.07, 6.45) is 2.84. The number of fused-ring (bicyclic) bond motifs is 1. The molecule has 4 rings (SSSR count). The molecule has 34 heavy (non-hydrogen) atoms. The number of esters is 1. The highest BCUT2D eigenvalue weighted by Gasteiger charge is 2.41. The topological polar surface area (TPSA) is 152 Å². The van der Waals surface area contributed by atoms with Crippen molar-refractivity contribution in [2.45, 2.75) is 31.4 Å². The van der Waals surface area contributed by atoms with Gasteiger partial charge < -0.3 is 18.9 Å². The predicted molar refractivity (Wildman–Crippen MR) is 118 cm³/mol. The molecule has 11 heteroatoms. The van der Waals surface area contributed by atoms with Crippen molar-refractivity contribution in [1.29, 1.82) is 0 Å². The number of aromatic nitrogens is 4. The molecule has 1 unspecified atom stereocenters. The van der Waals surface area contributed by atoms with Crippen LogP contribution in [-0.4, -0.2) is 52.7 Å². The Balaban J connectivity index is 1.39. The van der Waals surface area contributed by atoms with E-state index in [4.69, 9.17) is 19.9 Å².